The number of fused-ring (bicyclic) bond motifs is 1. The minimum atomic E-state index is 0.0271. The smallest absolute Gasteiger partial charge is 0.125 e. The summed E-state index contributed by atoms with van der Waals surface area (Å²) in [5.74, 6) is 0.993. The van der Waals surface area contributed by atoms with Crippen molar-refractivity contribution >= 4 is 11.6 Å². The monoisotopic (exact) mass is 267 g/mol. The fourth-order valence-corrected chi connectivity index (χ4v) is 3.09. The van der Waals surface area contributed by atoms with E-state index in [-0.39, 0.29) is 12.1 Å². The molecule has 1 aromatic carbocycles. The molecule has 2 aliphatic rings. The molecule has 0 saturated carbocycles. The van der Waals surface area contributed by atoms with Crippen LogP contribution < -0.4 is 10.5 Å². The number of ether oxygens (including phenoxy) is 2. The predicted octanol–water partition coefficient (Wildman–Crippen LogP) is 2.32. The lowest BCUT2D eigenvalue weighted by Crippen LogP contribution is -2.36. The molecule has 1 aromatic rings. The molecule has 2 heterocycles. The third kappa shape index (κ3) is 2.35. The highest BCUT2D eigenvalue weighted by Gasteiger charge is 2.25. The summed E-state index contributed by atoms with van der Waals surface area (Å²) >= 11 is 6.14. The van der Waals surface area contributed by atoms with Crippen LogP contribution in [0.25, 0.3) is 0 Å². The second-order valence-electron chi connectivity index (χ2n) is 5.07. The lowest BCUT2D eigenvalue weighted by Gasteiger charge is -2.19. The summed E-state index contributed by atoms with van der Waals surface area (Å²) in [7, 11) is 0. The Morgan fingerprint density at radius 1 is 1.39 bits per heavy atom. The van der Waals surface area contributed by atoms with Crippen molar-refractivity contribution in [3.8, 4) is 5.75 Å². The van der Waals surface area contributed by atoms with E-state index < -0.39 is 0 Å². The minimum absolute atomic E-state index is 0.0271. The van der Waals surface area contributed by atoms with Crippen LogP contribution in [-0.2, 0) is 17.6 Å². The maximum Gasteiger partial charge on any atom is 0.125 e. The van der Waals surface area contributed by atoms with E-state index in [1.165, 1.54) is 5.56 Å². The Hall–Kier alpha value is -0.770. The van der Waals surface area contributed by atoms with Crippen molar-refractivity contribution in [2.45, 2.75) is 37.8 Å². The number of rotatable bonds is 3. The van der Waals surface area contributed by atoms with E-state index in [1.807, 2.05) is 12.1 Å². The van der Waals surface area contributed by atoms with Crippen molar-refractivity contribution in [1.29, 1.82) is 0 Å². The minimum Gasteiger partial charge on any atom is -0.493 e. The van der Waals surface area contributed by atoms with Crippen LogP contribution >= 0.6 is 11.6 Å². The normalized spacial score (nSPS) is 23.8. The topological polar surface area (TPSA) is 44.5 Å². The summed E-state index contributed by atoms with van der Waals surface area (Å²) in [6, 6.07) is 3.99. The molecule has 0 bridgehead atoms. The van der Waals surface area contributed by atoms with Crippen molar-refractivity contribution in [2.24, 2.45) is 5.73 Å². The zero-order valence-electron chi connectivity index (χ0n) is 10.3. The van der Waals surface area contributed by atoms with E-state index in [0.29, 0.717) is 0 Å². The number of benzene rings is 1. The Labute approximate surface area is 112 Å². The van der Waals surface area contributed by atoms with Crippen LogP contribution in [0.15, 0.2) is 12.1 Å². The van der Waals surface area contributed by atoms with E-state index in [2.05, 4.69) is 0 Å². The Balaban J connectivity index is 1.79. The summed E-state index contributed by atoms with van der Waals surface area (Å²) < 4.78 is 11.3. The van der Waals surface area contributed by atoms with Crippen LogP contribution in [0.2, 0.25) is 5.02 Å². The van der Waals surface area contributed by atoms with Gasteiger partial charge in [-0.05, 0) is 42.5 Å². The van der Waals surface area contributed by atoms with E-state index in [0.717, 1.165) is 55.2 Å². The summed E-state index contributed by atoms with van der Waals surface area (Å²) in [5.41, 5.74) is 8.56. The number of nitrogens with two attached hydrogens (primary N) is 1. The molecule has 2 unspecified atom stereocenters. The fourth-order valence-electron chi connectivity index (χ4n) is 2.82. The van der Waals surface area contributed by atoms with Crippen molar-refractivity contribution in [1.82, 2.24) is 0 Å². The van der Waals surface area contributed by atoms with Gasteiger partial charge in [0.05, 0.1) is 12.7 Å². The van der Waals surface area contributed by atoms with Gasteiger partial charge >= 0.3 is 0 Å². The number of hydrogen-bond acceptors (Lipinski definition) is 3. The molecule has 3 nitrogen and oxygen atoms in total. The maximum atomic E-state index is 6.23. The van der Waals surface area contributed by atoms with Crippen molar-refractivity contribution in [2.75, 3.05) is 13.2 Å². The van der Waals surface area contributed by atoms with Crippen LogP contribution in [0.4, 0.5) is 0 Å². The molecule has 0 aromatic heterocycles. The average molecular weight is 268 g/mol. The van der Waals surface area contributed by atoms with Gasteiger partial charge in [0.15, 0.2) is 0 Å². The van der Waals surface area contributed by atoms with Gasteiger partial charge in [-0.1, -0.05) is 11.6 Å². The second kappa shape index (κ2) is 5.08. The molecule has 2 N–H and O–H groups in total. The zero-order chi connectivity index (χ0) is 12.5. The van der Waals surface area contributed by atoms with Gasteiger partial charge < -0.3 is 15.2 Å². The second-order valence-corrected chi connectivity index (χ2v) is 5.51. The third-order valence-electron chi connectivity index (χ3n) is 3.72. The maximum absolute atomic E-state index is 6.23. The van der Waals surface area contributed by atoms with Crippen LogP contribution in [0.1, 0.15) is 24.0 Å². The molecule has 0 amide bonds. The SMILES string of the molecule is NC(Cc1cc(Cl)cc2c1OCC2)C1CCCO1. The molecular formula is C14H18ClNO2. The molecular weight excluding hydrogens is 250 g/mol. The Bertz CT molecular complexity index is 444. The van der Waals surface area contributed by atoms with Crippen LogP contribution in [0.3, 0.4) is 0 Å². The van der Waals surface area contributed by atoms with Gasteiger partial charge in [0.2, 0.25) is 0 Å². The molecule has 98 valence electrons. The molecule has 2 aliphatic heterocycles. The van der Waals surface area contributed by atoms with Crippen molar-refractivity contribution in [3.63, 3.8) is 0 Å². The Morgan fingerprint density at radius 3 is 3.06 bits per heavy atom. The van der Waals surface area contributed by atoms with Crippen molar-refractivity contribution < 1.29 is 9.47 Å². The first kappa shape index (κ1) is 12.3. The predicted molar refractivity (Wildman–Crippen MR) is 71.3 cm³/mol. The van der Waals surface area contributed by atoms with Gasteiger partial charge in [-0.3, -0.25) is 0 Å². The summed E-state index contributed by atoms with van der Waals surface area (Å²) in [4.78, 5) is 0. The van der Waals surface area contributed by atoms with E-state index in [9.17, 15) is 0 Å². The molecule has 18 heavy (non-hydrogen) atoms. The third-order valence-corrected chi connectivity index (χ3v) is 3.94. The largest absolute Gasteiger partial charge is 0.493 e. The van der Waals surface area contributed by atoms with Crippen LogP contribution in [-0.4, -0.2) is 25.4 Å². The first-order chi connectivity index (χ1) is 8.74. The molecule has 0 aliphatic carbocycles. The molecule has 1 fully saturated rings. The Morgan fingerprint density at radius 2 is 2.28 bits per heavy atom. The van der Waals surface area contributed by atoms with Crippen molar-refractivity contribution in [3.05, 3.63) is 28.3 Å². The standard InChI is InChI=1S/C14H18ClNO2/c15-11-6-9-3-5-18-14(9)10(7-11)8-12(16)13-2-1-4-17-13/h6-7,12-13H,1-5,8,16H2. The molecule has 4 heteroatoms. The van der Waals surface area contributed by atoms with Crippen LogP contribution in [0.5, 0.6) is 5.75 Å². The highest BCUT2D eigenvalue weighted by Crippen LogP contribution is 2.34. The van der Waals surface area contributed by atoms with Crippen LogP contribution in [0, 0.1) is 0 Å². The molecule has 1 saturated heterocycles. The number of hydrogen-bond donors (Lipinski definition) is 1. The average Bonchev–Trinajstić information content (AvgIpc) is 2.98. The lowest BCUT2D eigenvalue weighted by atomic mass is 9.98. The van der Waals surface area contributed by atoms with E-state index >= 15 is 0 Å². The summed E-state index contributed by atoms with van der Waals surface area (Å²) in [6.07, 6.45) is 4.07. The molecule has 3 rings (SSSR count). The van der Waals surface area contributed by atoms with E-state index in [1.54, 1.807) is 0 Å². The fraction of sp³-hybridized carbons (Fsp3) is 0.571. The zero-order valence-corrected chi connectivity index (χ0v) is 11.1. The molecule has 0 spiro atoms. The summed E-state index contributed by atoms with van der Waals surface area (Å²) in [6.45, 7) is 1.58. The molecule has 2 atom stereocenters. The van der Waals surface area contributed by atoms with Gasteiger partial charge in [0.25, 0.3) is 0 Å². The first-order valence-corrected chi connectivity index (χ1v) is 6.93. The molecule has 0 radical (unpaired) electrons. The first-order valence-electron chi connectivity index (χ1n) is 6.55. The lowest BCUT2D eigenvalue weighted by molar-refractivity contribution is 0.0898. The van der Waals surface area contributed by atoms with Gasteiger partial charge in [0, 0.05) is 24.1 Å². The van der Waals surface area contributed by atoms with Gasteiger partial charge in [0.1, 0.15) is 5.75 Å². The van der Waals surface area contributed by atoms with Gasteiger partial charge in [-0.15, -0.1) is 0 Å². The highest BCUT2D eigenvalue weighted by molar-refractivity contribution is 6.30. The highest BCUT2D eigenvalue weighted by atomic mass is 35.5. The van der Waals surface area contributed by atoms with E-state index in [4.69, 9.17) is 26.8 Å². The summed E-state index contributed by atoms with van der Waals surface area (Å²) in [5, 5.41) is 0.772. The van der Waals surface area contributed by atoms with Gasteiger partial charge in [-0.25, -0.2) is 0 Å². The number of halogens is 1. The quantitative estimate of drug-likeness (QED) is 0.914. The van der Waals surface area contributed by atoms with Gasteiger partial charge in [-0.2, -0.15) is 0 Å². The Kier molecular flexibility index (Phi) is 3.46.